The van der Waals surface area contributed by atoms with E-state index >= 15 is 0 Å². The summed E-state index contributed by atoms with van der Waals surface area (Å²) < 4.78 is 0. The van der Waals surface area contributed by atoms with Gasteiger partial charge in [-0.2, -0.15) is 10.4 Å². The SMILES string of the molecule is CSC(=N)N(C#N)c1ccc(C2=NNC(=O)C[C@H]2C)cc1. The first-order valence-electron chi connectivity index (χ1n) is 6.36. The highest BCUT2D eigenvalue weighted by molar-refractivity contribution is 8.13. The second kappa shape index (κ2) is 6.41. The molecular weight excluding hydrogens is 286 g/mol. The van der Waals surface area contributed by atoms with Gasteiger partial charge >= 0.3 is 0 Å². The smallest absolute Gasteiger partial charge is 0.240 e. The van der Waals surface area contributed by atoms with Crippen molar-refractivity contribution in [3.8, 4) is 6.19 Å². The van der Waals surface area contributed by atoms with Gasteiger partial charge in [-0.25, -0.2) is 10.3 Å². The van der Waals surface area contributed by atoms with Crippen LogP contribution in [0.1, 0.15) is 18.9 Å². The number of nitrogens with one attached hydrogen (secondary N) is 2. The van der Waals surface area contributed by atoms with Crippen molar-refractivity contribution in [2.24, 2.45) is 11.0 Å². The summed E-state index contributed by atoms with van der Waals surface area (Å²) in [5.74, 6) is -0.0203. The van der Waals surface area contributed by atoms with E-state index in [1.54, 1.807) is 18.4 Å². The average Bonchev–Trinajstić information content (AvgIpc) is 2.49. The van der Waals surface area contributed by atoms with E-state index in [4.69, 9.17) is 10.7 Å². The first-order chi connectivity index (χ1) is 10.1. The van der Waals surface area contributed by atoms with Crippen LogP contribution >= 0.6 is 11.8 Å². The maximum Gasteiger partial charge on any atom is 0.240 e. The molecule has 2 rings (SSSR count). The fraction of sp³-hybridized carbons (Fsp3) is 0.286. The number of benzene rings is 1. The first-order valence-corrected chi connectivity index (χ1v) is 7.58. The molecule has 0 aromatic heterocycles. The lowest BCUT2D eigenvalue weighted by Gasteiger charge is -2.20. The number of carbonyl (C=O) groups is 1. The predicted molar refractivity (Wildman–Crippen MR) is 84.2 cm³/mol. The Balaban J connectivity index is 2.25. The van der Waals surface area contributed by atoms with Gasteiger partial charge in [0.1, 0.15) is 0 Å². The van der Waals surface area contributed by atoms with Crippen LogP contribution in [0.3, 0.4) is 0 Å². The number of thioether (sulfide) groups is 1. The number of hydrogen-bond acceptors (Lipinski definition) is 5. The predicted octanol–water partition coefficient (Wildman–Crippen LogP) is 2.13. The number of nitrogens with zero attached hydrogens (tertiary/aromatic N) is 3. The van der Waals surface area contributed by atoms with Gasteiger partial charge in [-0.05, 0) is 24.0 Å². The van der Waals surface area contributed by atoms with Crippen LogP contribution in [0.25, 0.3) is 0 Å². The highest BCUT2D eigenvalue weighted by Crippen LogP contribution is 2.21. The summed E-state index contributed by atoms with van der Waals surface area (Å²) in [6, 6.07) is 7.24. The van der Waals surface area contributed by atoms with Crippen molar-refractivity contribution in [1.29, 1.82) is 10.7 Å². The topological polar surface area (TPSA) is 92.3 Å². The number of anilines is 1. The van der Waals surface area contributed by atoms with Gasteiger partial charge in [0.15, 0.2) is 11.4 Å². The van der Waals surface area contributed by atoms with Crippen molar-refractivity contribution < 1.29 is 4.79 Å². The van der Waals surface area contributed by atoms with E-state index in [0.717, 1.165) is 11.3 Å². The Morgan fingerprint density at radius 2 is 2.19 bits per heavy atom. The zero-order chi connectivity index (χ0) is 15.4. The summed E-state index contributed by atoms with van der Waals surface area (Å²) in [5.41, 5.74) is 4.85. The van der Waals surface area contributed by atoms with Crippen LogP contribution in [0.4, 0.5) is 5.69 Å². The highest BCUT2D eigenvalue weighted by atomic mass is 32.2. The summed E-state index contributed by atoms with van der Waals surface area (Å²) in [5, 5.41) is 21.1. The Morgan fingerprint density at radius 1 is 1.52 bits per heavy atom. The molecule has 0 saturated heterocycles. The number of hydrazone groups is 1. The van der Waals surface area contributed by atoms with Gasteiger partial charge in [-0.15, -0.1) is 0 Å². The molecule has 7 heteroatoms. The Bertz CT molecular complexity index is 632. The van der Waals surface area contributed by atoms with E-state index in [9.17, 15) is 4.79 Å². The molecule has 0 fully saturated rings. The molecule has 0 aliphatic carbocycles. The van der Waals surface area contributed by atoms with Crippen molar-refractivity contribution in [1.82, 2.24) is 5.43 Å². The Morgan fingerprint density at radius 3 is 2.71 bits per heavy atom. The maximum atomic E-state index is 11.3. The number of amidine groups is 1. The zero-order valence-electron chi connectivity index (χ0n) is 11.8. The Labute approximate surface area is 127 Å². The van der Waals surface area contributed by atoms with Crippen molar-refractivity contribution >= 4 is 34.2 Å². The number of hydrogen-bond donors (Lipinski definition) is 2. The minimum atomic E-state index is -0.0769. The second-order valence-corrected chi connectivity index (χ2v) is 5.42. The van der Waals surface area contributed by atoms with Crippen molar-refractivity contribution in [2.75, 3.05) is 11.2 Å². The van der Waals surface area contributed by atoms with Gasteiger partial charge in [0.2, 0.25) is 5.91 Å². The monoisotopic (exact) mass is 301 g/mol. The summed E-state index contributed by atoms with van der Waals surface area (Å²) in [4.78, 5) is 12.5. The highest BCUT2D eigenvalue weighted by Gasteiger charge is 2.21. The van der Waals surface area contributed by atoms with Gasteiger partial charge in [0.25, 0.3) is 0 Å². The number of carbonyl (C=O) groups excluding carboxylic acids is 1. The third-order valence-electron chi connectivity index (χ3n) is 3.18. The fourth-order valence-electron chi connectivity index (χ4n) is 2.10. The van der Waals surface area contributed by atoms with Crippen molar-refractivity contribution in [3.63, 3.8) is 0 Å². The average molecular weight is 301 g/mol. The van der Waals surface area contributed by atoms with Crippen LogP contribution < -0.4 is 10.3 Å². The van der Waals surface area contributed by atoms with E-state index < -0.39 is 0 Å². The van der Waals surface area contributed by atoms with Crippen LogP contribution in [0.15, 0.2) is 29.4 Å². The molecule has 108 valence electrons. The molecule has 1 atom stereocenters. The standard InChI is InChI=1S/C14H15N5OS/c1-9-7-12(20)17-18-13(9)10-3-5-11(6-4-10)19(8-15)14(16)21-2/h3-6,9,16H,7H2,1-2H3,(H,17,20)/t9-/m1/s1. The van der Waals surface area contributed by atoms with E-state index in [1.165, 1.54) is 16.7 Å². The largest absolute Gasteiger partial charge is 0.278 e. The van der Waals surface area contributed by atoms with E-state index in [2.05, 4.69) is 10.5 Å². The lowest BCUT2D eigenvalue weighted by molar-refractivity contribution is -0.121. The zero-order valence-corrected chi connectivity index (χ0v) is 12.6. The second-order valence-electron chi connectivity index (χ2n) is 4.63. The molecule has 1 aliphatic rings. The van der Waals surface area contributed by atoms with E-state index in [-0.39, 0.29) is 17.0 Å². The van der Waals surface area contributed by atoms with Gasteiger partial charge < -0.3 is 0 Å². The molecule has 1 aromatic rings. The number of amides is 1. The molecule has 1 aliphatic heterocycles. The third-order valence-corrected chi connectivity index (χ3v) is 3.75. The fourth-order valence-corrected chi connectivity index (χ4v) is 2.42. The summed E-state index contributed by atoms with van der Waals surface area (Å²) in [7, 11) is 0. The number of nitriles is 1. The quantitative estimate of drug-likeness (QED) is 0.379. The normalized spacial score (nSPS) is 17.5. The molecule has 21 heavy (non-hydrogen) atoms. The number of rotatable bonds is 2. The molecule has 0 spiro atoms. The van der Waals surface area contributed by atoms with E-state index in [0.29, 0.717) is 12.1 Å². The van der Waals surface area contributed by atoms with Crippen molar-refractivity contribution in [2.45, 2.75) is 13.3 Å². The molecule has 1 heterocycles. The van der Waals surface area contributed by atoms with Gasteiger partial charge in [0.05, 0.1) is 11.4 Å². The van der Waals surface area contributed by atoms with Crippen LogP contribution in [-0.2, 0) is 4.79 Å². The van der Waals surface area contributed by atoms with Gasteiger partial charge in [-0.3, -0.25) is 10.2 Å². The molecule has 0 radical (unpaired) electrons. The Hall–Kier alpha value is -2.33. The molecular formula is C14H15N5OS. The minimum Gasteiger partial charge on any atom is -0.278 e. The summed E-state index contributed by atoms with van der Waals surface area (Å²) in [6.07, 6.45) is 4.15. The lowest BCUT2D eigenvalue weighted by Crippen LogP contribution is -2.32. The minimum absolute atomic E-state index is 0.0566. The van der Waals surface area contributed by atoms with Crippen LogP contribution in [-0.4, -0.2) is 23.0 Å². The van der Waals surface area contributed by atoms with Crippen LogP contribution in [0.2, 0.25) is 0 Å². The maximum absolute atomic E-state index is 11.3. The molecule has 1 amide bonds. The molecule has 6 nitrogen and oxygen atoms in total. The van der Waals surface area contributed by atoms with Crippen molar-refractivity contribution in [3.05, 3.63) is 29.8 Å². The molecule has 1 aromatic carbocycles. The molecule has 0 saturated carbocycles. The summed E-state index contributed by atoms with van der Waals surface area (Å²) >= 11 is 1.20. The van der Waals surface area contributed by atoms with E-state index in [1.807, 2.05) is 25.2 Å². The lowest BCUT2D eigenvalue weighted by atomic mass is 9.94. The summed E-state index contributed by atoms with van der Waals surface area (Å²) in [6.45, 7) is 1.95. The first kappa shape index (κ1) is 15.1. The third kappa shape index (κ3) is 3.23. The van der Waals surface area contributed by atoms with Gasteiger partial charge in [-0.1, -0.05) is 30.8 Å². The van der Waals surface area contributed by atoms with Crippen LogP contribution in [0, 0.1) is 22.8 Å². The molecule has 0 unspecified atom stereocenters. The molecule has 0 bridgehead atoms. The van der Waals surface area contributed by atoms with Crippen LogP contribution in [0.5, 0.6) is 0 Å². The molecule has 2 N–H and O–H groups in total. The Kier molecular flexibility index (Phi) is 4.60. The van der Waals surface area contributed by atoms with Gasteiger partial charge in [0, 0.05) is 12.3 Å².